The maximum absolute atomic E-state index is 12.9. The molecule has 132 valence electrons. The van der Waals surface area contributed by atoms with E-state index >= 15 is 0 Å². The molecule has 0 fully saturated rings. The summed E-state index contributed by atoms with van der Waals surface area (Å²) in [5, 5.41) is 3.19. The Morgan fingerprint density at radius 1 is 1.16 bits per heavy atom. The molecule has 1 N–H and O–H groups in total. The summed E-state index contributed by atoms with van der Waals surface area (Å²) in [5.41, 5.74) is 1.78. The van der Waals surface area contributed by atoms with Crippen molar-refractivity contribution in [3.8, 4) is 0 Å². The van der Waals surface area contributed by atoms with Crippen molar-refractivity contribution in [2.75, 3.05) is 7.05 Å². The van der Waals surface area contributed by atoms with Crippen LogP contribution in [0.2, 0.25) is 5.02 Å². The number of halogens is 2. The SMILES string of the molecule is CNC(=O)[C@@H](C)N(Cc1ccc(Br)cc1)C(=O)Cc1cccc(Cl)c1. The van der Waals surface area contributed by atoms with Gasteiger partial charge in [0, 0.05) is 23.1 Å². The first-order valence-corrected chi connectivity index (χ1v) is 9.07. The Balaban J connectivity index is 2.21. The molecule has 2 aromatic carbocycles. The zero-order chi connectivity index (χ0) is 18.4. The summed E-state index contributed by atoms with van der Waals surface area (Å²) in [5.74, 6) is -0.321. The van der Waals surface area contributed by atoms with Crippen molar-refractivity contribution < 1.29 is 9.59 Å². The van der Waals surface area contributed by atoms with Crippen LogP contribution < -0.4 is 5.32 Å². The van der Waals surface area contributed by atoms with Crippen molar-refractivity contribution in [2.45, 2.75) is 25.9 Å². The van der Waals surface area contributed by atoms with Crippen LogP contribution in [0.5, 0.6) is 0 Å². The van der Waals surface area contributed by atoms with Crippen LogP contribution in [0.15, 0.2) is 53.0 Å². The lowest BCUT2D eigenvalue weighted by atomic mass is 10.1. The van der Waals surface area contributed by atoms with Crippen molar-refractivity contribution in [2.24, 2.45) is 0 Å². The van der Waals surface area contributed by atoms with E-state index < -0.39 is 6.04 Å². The molecule has 0 saturated carbocycles. The number of likely N-dealkylation sites (N-methyl/N-ethyl adjacent to an activating group) is 1. The minimum absolute atomic E-state index is 0.124. The highest BCUT2D eigenvalue weighted by molar-refractivity contribution is 9.10. The first-order valence-electron chi connectivity index (χ1n) is 7.90. The van der Waals surface area contributed by atoms with Crippen LogP contribution in [0.3, 0.4) is 0 Å². The molecule has 2 aromatic rings. The predicted molar refractivity (Wildman–Crippen MR) is 103 cm³/mol. The molecule has 6 heteroatoms. The van der Waals surface area contributed by atoms with Gasteiger partial charge in [-0.15, -0.1) is 0 Å². The number of nitrogens with zero attached hydrogens (tertiary/aromatic N) is 1. The van der Waals surface area contributed by atoms with Crippen LogP contribution in [0.4, 0.5) is 0 Å². The Labute approximate surface area is 161 Å². The molecule has 2 amide bonds. The highest BCUT2D eigenvalue weighted by Gasteiger charge is 2.25. The number of benzene rings is 2. The molecule has 0 saturated heterocycles. The third kappa shape index (κ3) is 5.58. The van der Waals surface area contributed by atoms with E-state index in [1.165, 1.54) is 0 Å². The summed E-state index contributed by atoms with van der Waals surface area (Å²) in [6.07, 6.45) is 0.193. The van der Waals surface area contributed by atoms with E-state index in [1.54, 1.807) is 31.0 Å². The molecule has 0 aromatic heterocycles. The predicted octanol–water partition coefficient (Wildman–Crippen LogP) is 3.81. The third-order valence-corrected chi connectivity index (χ3v) is 4.69. The van der Waals surface area contributed by atoms with Crippen LogP contribution in [-0.2, 0) is 22.6 Å². The average molecular weight is 424 g/mol. The van der Waals surface area contributed by atoms with Gasteiger partial charge in [0.25, 0.3) is 0 Å². The Morgan fingerprint density at radius 3 is 2.44 bits per heavy atom. The van der Waals surface area contributed by atoms with E-state index in [-0.39, 0.29) is 18.2 Å². The van der Waals surface area contributed by atoms with Crippen molar-refractivity contribution >= 4 is 39.3 Å². The third-order valence-electron chi connectivity index (χ3n) is 3.92. The molecule has 0 heterocycles. The Bertz CT molecular complexity index is 749. The molecule has 0 aliphatic heterocycles. The molecule has 0 aliphatic carbocycles. The van der Waals surface area contributed by atoms with Gasteiger partial charge < -0.3 is 10.2 Å². The molecular formula is C19H20BrClN2O2. The monoisotopic (exact) mass is 422 g/mol. The standard InChI is InChI=1S/C19H20BrClN2O2/c1-13(19(25)22-2)23(12-14-6-8-16(20)9-7-14)18(24)11-15-4-3-5-17(21)10-15/h3-10,13H,11-12H2,1-2H3,(H,22,25)/t13-/m1/s1. The highest BCUT2D eigenvalue weighted by atomic mass is 79.9. The second-order valence-corrected chi connectivity index (χ2v) is 7.10. The number of hydrogen-bond donors (Lipinski definition) is 1. The summed E-state index contributed by atoms with van der Waals surface area (Å²) in [6, 6.07) is 14.3. The minimum atomic E-state index is -0.569. The number of rotatable bonds is 6. The Hall–Kier alpha value is -1.85. The normalized spacial score (nSPS) is 11.7. The zero-order valence-corrected chi connectivity index (χ0v) is 16.5. The number of carbonyl (C=O) groups is 2. The summed E-state index contributed by atoms with van der Waals surface area (Å²) < 4.78 is 0.965. The topological polar surface area (TPSA) is 49.4 Å². The van der Waals surface area contributed by atoms with E-state index in [1.807, 2.05) is 36.4 Å². The Morgan fingerprint density at radius 2 is 1.84 bits per heavy atom. The zero-order valence-electron chi connectivity index (χ0n) is 14.1. The van der Waals surface area contributed by atoms with Gasteiger partial charge in [-0.3, -0.25) is 9.59 Å². The second-order valence-electron chi connectivity index (χ2n) is 5.75. The lowest BCUT2D eigenvalue weighted by molar-refractivity contribution is -0.139. The van der Waals surface area contributed by atoms with Crippen molar-refractivity contribution in [1.29, 1.82) is 0 Å². The lowest BCUT2D eigenvalue weighted by Crippen LogP contribution is -2.47. The first kappa shape index (κ1) is 19.5. The molecule has 0 spiro atoms. The first-order chi connectivity index (χ1) is 11.9. The highest BCUT2D eigenvalue weighted by Crippen LogP contribution is 2.17. The van der Waals surface area contributed by atoms with Gasteiger partial charge in [0.15, 0.2) is 0 Å². The van der Waals surface area contributed by atoms with E-state index in [2.05, 4.69) is 21.2 Å². The van der Waals surface area contributed by atoms with Gasteiger partial charge in [0.2, 0.25) is 11.8 Å². The van der Waals surface area contributed by atoms with Gasteiger partial charge >= 0.3 is 0 Å². The van der Waals surface area contributed by atoms with E-state index in [0.717, 1.165) is 15.6 Å². The fourth-order valence-corrected chi connectivity index (χ4v) is 2.98. The minimum Gasteiger partial charge on any atom is -0.357 e. The fourth-order valence-electron chi connectivity index (χ4n) is 2.50. The number of amides is 2. The maximum atomic E-state index is 12.9. The van der Waals surface area contributed by atoms with E-state index in [9.17, 15) is 9.59 Å². The largest absolute Gasteiger partial charge is 0.357 e. The molecule has 0 aliphatic rings. The lowest BCUT2D eigenvalue weighted by Gasteiger charge is -2.28. The summed E-state index contributed by atoms with van der Waals surface area (Å²) in [6.45, 7) is 2.09. The van der Waals surface area contributed by atoms with E-state index in [4.69, 9.17) is 11.6 Å². The molecule has 0 bridgehead atoms. The molecule has 25 heavy (non-hydrogen) atoms. The summed E-state index contributed by atoms with van der Waals surface area (Å²) in [7, 11) is 1.57. The molecule has 0 radical (unpaired) electrons. The quantitative estimate of drug-likeness (QED) is 0.768. The maximum Gasteiger partial charge on any atom is 0.242 e. The number of hydrogen-bond acceptors (Lipinski definition) is 2. The average Bonchev–Trinajstić information content (AvgIpc) is 2.59. The molecular weight excluding hydrogens is 404 g/mol. The van der Waals surface area contributed by atoms with Crippen LogP contribution in [0.1, 0.15) is 18.1 Å². The van der Waals surface area contributed by atoms with Crippen molar-refractivity contribution in [3.63, 3.8) is 0 Å². The van der Waals surface area contributed by atoms with Gasteiger partial charge in [-0.2, -0.15) is 0 Å². The summed E-state index contributed by atoms with van der Waals surface area (Å²) >= 11 is 9.39. The van der Waals surface area contributed by atoms with Crippen LogP contribution in [0.25, 0.3) is 0 Å². The molecule has 1 atom stereocenters. The molecule has 0 unspecified atom stereocenters. The van der Waals surface area contributed by atoms with Gasteiger partial charge in [0.1, 0.15) is 6.04 Å². The van der Waals surface area contributed by atoms with Gasteiger partial charge in [-0.25, -0.2) is 0 Å². The molecule has 4 nitrogen and oxygen atoms in total. The summed E-state index contributed by atoms with van der Waals surface area (Å²) in [4.78, 5) is 26.5. The van der Waals surface area contributed by atoms with Crippen molar-refractivity contribution in [1.82, 2.24) is 10.2 Å². The number of carbonyl (C=O) groups excluding carboxylic acids is 2. The van der Waals surface area contributed by atoms with Crippen molar-refractivity contribution in [3.05, 3.63) is 69.2 Å². The molecule has 2 rings (SSSR count). The van der Waals surface area contributed by atoms with Crippen LogP contribution in [-0.4, -0.2) is 29.8 Å². The number of nitrogens with one attached hydrogen (secondary N) is 1. The smallest absolute Gasteiger partial charge is 0.242 e. The Kier molecular flexibility index (Phi) is 7.02. The second kappa shape index (κ2) is 9.02. The van der Waals surface area contributed by atoms with Gasteiger partial charge in [-0.1, -0.05) is 51.8 Å². The van der Waals surface area contributed by atoms with Crippen LogP contribution >= 0.6 is 27.5 Å². The van der Waals surface area contributed by atoms with Gasteiger partial charge in [-0.05, 0) is 42.3 Å². The fraction of sp³-hybridized carbons (Fsp3) is 0.263. The van der Waals surface area contributed by atoms with Crippen LogP contribution in [0, 0.1) is 0 Å². The van der Waals surface area contributed by atoms with E-state index in [0.29, 0.717) is 11.6 Å². The van der Waals surface area contributed by atoms with Gasteiger partial charge in [0.05, 0.1) is 6.42 Å².